The van der Waals surface area contributed by atoms with Gasteiger partial charge < -0.3 is 4.43 Å². The first kappa shape index (κ1) is 17.2. The molecule has 0 aliphatic rings. The lowest BCUT2D eigenvalue weighted by Crippen LogP contribution is -2.33. The predicted octanol–water partition coefficient (Wildman–Crippen LogP) is 5.76. The van der Waals surface area contributed by atoms with Crippen molar-refractivity contribution in [2.75, 3.05) is 6.61 Å². The van der Waals surface area contributed by atoms with Gasteiger partial charge in [0.2, 0.25) is 0 Å². The Balaban J connectivity index is 3.37. The molecule has 1 atom stereocenters. The fraction of sp³-hybridized carbons (Fsp3) is 1.00. The standard InChI is InChI=1S/C15H34OSi/c1-5-8-9-10-11-12-13-14-15-17(4,7-3)16-6-2/h5-15H2,1-4H3. The molecule has 0 amide bonds. The van der Waals surface area contributed by atoms with Crippen molar-refractivity contribution >= 4 is 8.32 Å². The molecule has 2 heteroatoms. The third kappa shape index (κ3) is 9.84. The van der Waals surface area contributed by atoms with Crippen LogP contribution in [0.5, 0.6) is 0 Å². The molecule has 0 aliphatic heterocycles. The molecule has 0 saturated heterocycles. The van der Waals surface area contributed by atoms with Crippen molar-refractivity contribution in [3.8, 4) is 0 Å². The molecule has 0 fully saturated rings. The van der Waals surface area contributed by atoms with E-state index >= 15 is 0 Å². The van der Waals surface area contributed by atoms with E-state index in [-0.39, 0.29) is 0 Å². The molecule has 0 aliphatic carbocycles. The van der Waals surface area contributed by atoms with Crippen LogP contribution in [0, 0.1) is 0 Å². The third-order valence-electron chi connectivity index (χ3n) is 3.80. The van der Waals surface area contributed by atoms with E-state index in [2.05, 4.69) is 27.3 Å². The molecule has 0 radical (unpaired) electrons. The molecule has 0 aromatic heterocycles. The Hall–Kier alpha value is 0.177. The summed E-state index contributed by atoms with van der Waals surface area (Å²) in [6, 6.07) is 2.64. The Kier molecular flexibility index (Phi) is 11.4. The SMILES string of the molecule is CCCCCCCCCC[Si](C)(CC)OCC. The molecule has 1 nitrogen and oxygen atoms in total. The highest BCUT2D eigenvalue weighted by molar-refractivity contribution is 6.72. The summed E-state index contributed by atoms with van der Waals surface area (Å²) in [5.74, 6) is 0. The molecule has 0 N–H and O–H groups in total. The van der Waals surface area contributed by atoms with Crippen LogP contribution < -0.4 is 0 Å². The van der Waals surface area contributed by atoms with Gasteiger partial charge in [-0.3, -0.25) is 0 Å². The van der Waals surface area contributed by atoms with Crippen molar-refractivity contribution in [3.63, 3.8) is 0 Å². The average Bonchev–Trinajstić information content (AvgIpc) is 2.33. The zero-order chi connectivity index (χ0) is 13.0. The quantitative estimate of drug-likeness (QED) is 0.319. The van der Waals surface area contributed by atoms with Crippen LogP contribution in [0.1, 0.15) is 72.1 Å². The number of unbranched alkanes of at least 4 members (excludes halogenated alkanes) is 7. The van der Waals surface area contributed by atoms with Crippen molar-refractivity contribution in [2.24, 2.45) is 0 Å². The first-order chi connectivity index (χ1) is 8.18. The van der Waals surface area contributed by atoms with Crippen LogP contribution in [0.3, 0.4) is 0 Å². The van der Waals surface area contributed by atoms with Gasteiger partial charge in [-0.25, -0.2) is 0 Å². The van der Waals surface area contributed by atoms with E-state index < -0.39 is 8.32 Å². The van der Waals surface area contributed by atoms with Crippen molar-refractivity contribution < 1.29 is 4.43 Å². The molecular formula is C15H34OSi. The molecule has 0 rings (SSSR count). The molecule has 1 unspecified atom stereocenters. The lowest BCUT2D eigenvalue weighted by molar-refractivity contribution is 0.323. The summed E-state index contributed by atoms with van der Waals surface area (Å²) < 4.78 is 5.98. The highest BCUT2D eigenvalue weighted by Crippen LogP contribution is 2.21. The molecule has 0 saturated carbocycles. The first-order valence-corrected chi connectivity index (χ1v) is 10.6. The van der Waals surface area contributed by atoms with E-state index in [0.29, 0.717) is 0 Å². The summed E-state index contributed by atoms with van der Waals surface area (Å²) in [6.07, 6.45) is 11.4. The second kappa shape index (κ2) is 11.3. The maximum atomic E-state index is 5.98. The zero-order valence-corrected chi connectivity index (χ0v) is 13.7. The zero-order valence-electron chi connectivity index (χ0n) is 12.7. The second-order valence-corrected chi connectivity index (χ2v) is 9.86. The molecule has 0 aromatic rings. The Labute approximate surface area is 110 Å². The minimum atomic E-state index is -1.30. The first-order valence-electron chi connectivity index (χ1n) is 7.82. The third-order valence-corrected chi connectivity index (χ3v) is 7.69. The maximum absolute atomic E-state index is 5.98. The highest BCUT2D eigenvalue weighted by atomic mass is 28.4. The minimum absolute atomic E-state index is 0.910. The van der Waals surface area contributed by atoms with Gasteiger partial charge in [0, 0.05) is 6.61 Å². The Morgan fingerprint density at radius 2 is 1.29 bits per heavy atom. The van der Waals surface area contributed by atoms with E-state index in [0.717, 1.165) is 6.61 Å². The fourth-order valence-corrected chi connectivity index (χ4v) is 4.73. The molecule has 104 valence electrons. The summed E-state index contributed by atoms with van der Waals surface area (Å²) in [6.45, 7) is 10.0. The average molecular weight is 259 g/mol. The van der Waals surface area contributed by atoms with Crippen LogP contribution in [-0.4, -0.2) is 14.9 Å². The fourth-order valence-electron chi connectivity index (χ4n) is 2.33. The van der Waals surface area contributed by atoms with Gasteiger partial charge in [-0.15, -0.1) is 0 Å². The summed E-state index contributed by atoms with van der Waals surface area (Å²) in [5, 5.41) is 0. The van der Waals surface area contributed by atoms with Gasteiger partial charge in [-0.05, 0) is 25.6 Å². The van der Waals surface area contributed by atoms with Gasteiger partial charge in [-0.1, -0.05) is 65.2 Å². The van der Waals surface area contributed by atoms with Crippen LogP contribution in [-0.2, 0) is 4.43 Å². The normalized spacial score (nSPS) is 14.8. The smallest absolute Gasteiger partial charge is 0.189 e. The summed E-state index contributed by atoms with van der Waals surface area (Å²) >= 11 is 0. The van der Waals surface area contributed by atoms with Gasteiger partial charge in [0.25, 0.3) is 0 Å². The van der Waals surface area contributed by atoms with Crippen LogP contribution in [0.25, 0.3) is 0 Å². The van der Waals surface area contributed by atoms with Crippen molar-refractivity contribution in [3.05, 3.63) is 0 Å². The van der Waals surface area contributed by atoms with E-state index in [1.165, 1.54) is 63.5 Å². The van der Waals surface area contributed by atoms with E-state index in [4.69, 9.17) is 4.43 Å². The number of hydrogen-bond donors (Lipinski definition) is 0. The van der Waals surface area contributed by atoms with Gasteiger partial charge in [0.1, 0.15) is 0 Å². The van der Waals surface area contributed by atoms with Crippen LogP contribution in [0.4, 0.5) is 0 Å². The molecule has 0 bridgehead atoms. The van der Waals surface area contributed by atoms with E-state index in [9.17, 15) is 0 Å². The largest absolute Gasteiger partial charge is 0.417 e. The summed E-state index contributed by atoms with van der Waals surface area (Å²) in [7, 11) is -1.30. The molecule has 17 heavy (non-hydrogen) atoms. The Morgan fingerprint density at radius 3 is 1.76 bits per heavy atom. The topological polar surface area (TPSA) is 9.23 Å². The van der Waals surface area contributed by atoms with E-state index in [1.807, 2.05) is 0 Å². The number of hydrogen-bond acceptors (Lipinski definition) is 1. The molecule has 0 aromatic carbocycles. The Bertz CT molecular complexity index is 161. The van der Waals surface area contributed by atoms with Gasteiger partial charge in [0.15, 0.2) is 8.32 Å². The molecule has 0 spiro atoms. The van der Waals surface area contributed by atoms with Crippen LogP contribution >= 0.6 is 0 Å². The Morgan fingerprint density at radius 1 is 0.765 bits per heavy atom. The van der Waals surface area contributed by atoms with Crippen molar-refractivity contribution in [1.82, 2.24) is 0 Å². The van der Waals surface area contributed by atoms with Crippen LogP contribution in [0.15, 0.2) is 0 Å². The molecule has 0 heterocycles. The van der Waals surface area contributed by atoms with Crippen molar-refractivity contribution in [2.45, 2.75) is 90.8 Å². The second-order valence-electron chi connectivity index (χ2n) is 5.46. The van der Waals surface area contributed by atoms with Gasteiger partial charge in [-0.2, -0.15) is 0 Å². The van der Waals surface area contributed by atoms with Gasteiger partial charge in [0.05, 0.1) is 0 Å². The predicted molar refractivity (Wildman–Crippen MR) is 81.1 cm³/mol. The maximum Gasteiger partial charge on any atom is 0.189 e. The monoisotopic (exact) mass is 258 g/mol. The molecular weight excluding hydrogens is 224 g/mol. The highest BCUT2D eigenvalue weighted by Gasteiger charge is 2.25. The summed E-state index contributed by atoms with van der Waals surface area (Å²) in [4.78, 5) is 0. The lowest BCUT2D eigenvalue weighted by atomic mass is 10.1. The van der Waals surface area contributed by atoms with Gasteiger partial charge >= 0.3 is 0 Å². The number of rotatable bonds is 12. The van der Waals surface area contributed by atoms with Crippen LogP contribution in [0.2, 0.25) is 18.6 Å². The van der Waals surface area contributed by atoms with Crippen molar-refractivity contribution in [1.29, 1.82) is 0 Å². The van der Waals surface area contributed by atoms with E-state index in [1.54, 1.807) is 0 Å². The minimum Gasteiger partial charge on any atom is -0.417 e. The summed E-state index contributed by atoms with van der Waals surface area (Å²) in [5.41, 5.74) is 0. The lowest BCUT2D eigenvalue weighted by Gasteiger charge is -2.25.